The second kappa shape index (κ2) is 12.0. The molecule has 0 aromatic heterocycles. The van der Waals surface area contributed by atoms with Crippen molar-refractivity contribution in [2.45, 2.75) is 51.1 Å². The Bertz CT molecular complexity index is 931. The van der Waals surface area contributed by atoms with E-state index in [-0.39, 0.29) is 31.0 Å². The van der Waals surface area contributed by atoms with Crippen LogP contribution in [-0.4, -0.2) is 47.9 Å². The summed E-state index contributed by atoms with van der Waals surface area (Å²) in [5, 5.41) is 18.0. The SMILES string of the molecule is CC(C)NC(=O)N[C@@H]1C=C[C@@H](CC(=O)NCc2ccc(Oc3ccccc3)cc2)O[C@@H]1CO. The van der Waals surface area contributed by atoms with E-state index >= 15 is 0 Å². The third-order valence-corrected chi connectivity index (χ3v) is 4.96. The Kier molecular flexibility index (Phi) is 8.86. The Labute approximate surface area is 194 Å². The first-order valence-corrected chi connectivity index (χ1v) is 11.0. The third-order valence-electron chi connectivity index (χ3n) is 4.96. The Morgan fingerprint density at radius 3 is 2.39 bits per heavy atom. The van der Waals surface area contributed by atoms with Gasteiger partial charge in [-0.3, -0.25) is 4.79 Å². The second-order valence-electron chi connectivity index (χ2n) is 8.12. The van der Waals surface area contributed by atoms with Gasteiger partial charge in [0.05, 0.1) is 25.2 Å². The van der Waals surface area contributed by atoms with Gasteiger partial charge in [-0.15, -0.1) is 0 Å². The number of nitrogens with one attached hydrogen (secondary N) is 3. The second-order valence-corrected chi connectivity index (χ2v) is 8.12. The van der Waals surface area contributed by atoms with E-state index in [9.17, 15) is 14.7 Å². The molecule has 3 amide bonds. The normalized spacial score (nSPS) is 19.7. The molecular weight excluding hydrogens is 422 g/mol. The smallest absolute Gasteiger partial charge is 0.315 e. The summed E-state index contributed by atoms with van der Waals surface area (Å²) in [5.41, 5.74) is 0.942. The van der Waals surface area contributed by atoms with Crippen molar-refractivity contribution in [1.29, 1.82) is 0 Å². The van der Waals surface area contributed by atoms with Crippen molar-refractivity contribution in [3.05, 3.63) is 72.3 Å². The first kappa shape index (κ1) is 24.3. The lowest BCUT2D eigenvalue weighted by molar-refractivity contribution is -0.125. The maximum Gasteiger partial charge on any atom is 0.315 e. The zero-order chi connectivity index (χ0) is 23.6. The highest BCUT2D eigenvalue weighted by Gasteiger charge is 2.29. The van der Waals surface area contributed by atoms with Gasteiger partial charge in [0.15, 0.2) is 0 Å². The van der Waals surface area contributed by atoms with E-state index in [2.05, 4.69) is 16.0 Å². The standard InChI is InChI=1S/C25H31N3O5/c1-17(2)27-25(31)28-22-13-12-21(33-23(22)16-29)14-24(30)26-15-18-8-10-20(11-9-18)32-19-6-4-3-5-7-19/h3-13,17,21-23,29H,14-16H2,1-2H3,(H,26,30)(H2,27,28,31)/t21-,22+,23+/m0/s1. The summed E-state index contributed by atoms with van der Waals surface area (Å²) in [6.07, 6.45) is 2.51. The lowest BCUT2D eigenvalue weighted by atomic mass is 10.0. The predicted octanol–water partition coefficient (Wildman–Crippen LogP) is 2.88. The number of para-hydroxylation sites is 1. The van der Waals surface area contributed by atoms with Gasteiger partial charge in [0.25, 0.3) is 0 Å². The van der Waals surface area contributed by atoms with Gasteiger partial charge in [0.1, 0.15) is 17.6 Å². The first-order valence-electron chi connectivity index (χ1n) is 11.0. The van der Waals surface area contributed by atoms with Crippen LogP contribution >= 0.6 is 0 Å². The first-order chi connectivity index (χ1) is 15.9. The summed E-state index contributed by atoms with van der Waals surface area (Å²) < 4.78 is 11.6. The number of carbonyl (C=O) groups excluding carboxylic acids is 2. The van der Waals surface area contributed by atoms with Crippen LogP contribution in [0.3, 0.4) is 0 Å². The van der Waals surface area contributed by atoms with Crippen molar-refractivity contribution < 1.29 is 24.2 Å². The quantitative estimate of drug-likeness (QED) is 0.437. The van der Waals surface area contributed by atoms with Gasteiger partial charge in [-0.05, 0) is 43.7 Å². The number of aliphatic hydroxyl groups excluding tert-OH is 1. The van der Waals surface area contributed by atoms with E-state index in [0.29, 0.717) is 6.54 Å². The molecule has 1 heterocycles. The summed E-state index contributed by atoms with van der Waals surface area (Å²) >= 11 is 0. The molecule has 0 aliphatic carbocycles. The van der Waals surface area contributed by atoms with E-state index in [4.69, 9.17) is 9.47 Å². The molecule has 176 valence electrons. The van der Waals surface area contributed by atoms with Crippen molar-refractivity contribution in [2.75, 3.05) is 6.61 Å². The van der Waals surface area contributed by atoms with E-state index in [1.54, 1.807) is 12.2 Å². The number of hydrogen-bond acceptors (Lipinski definition) is 5. The van der Waals surface area contributed by atoms with E-state index in [0.717, 1.165) is 17.1 Å². The lowest BCUT2D eigenvalue weighted by Crippen LogP contribution is -2.52. The molecule has 3 atom stereocenters. The van der Waals surface area contributed by atoms with Gasteiger partial charge in [0.2, 0.25) is 5.91 Å². The predicted molar refractivity (Wildman–Crippen MR) is 125 cm³/mol. The summed E-state index contributed by atoms with van der Waals surface area (Å²) in [6.45, 7) is 3.83. The van der Waals surface area contributed by atoms with Crippen LogP contribution in [0.5, 0.6) is 11.5 Å². The summed E-state index contributed by atoms with van der Waals surface area (Å²) in [7, 11) is 0. The number of hydrogen-bond donors (Lipinski definition) is 4. The Morgan fingerprint density at radius 2 is 1.73 bits per heavy atom. The van der Waals surface area contributed by atoms with Crippen molar-refractivity contribution in [3.63, 3.8) is 0 Å². The van der Waals surface area contributed by atoms with Crippen LogP contribution in [0.1, 0.15) is 25.8 Å². The number of carbonyl (C=O) groups is 2. The van der Waals surface area contributed by atoms with Crippen LogP contribution in [0, 0.1) is 0 Å². The minimum absolute atomic E-state index is 0.00454. The molecule has 8 nitrogen and oxygen atoms in total. The van der Waals surface area contributed by atoms with Crippen LogP contribution < -0.4 is 20.7 Å². The number of ether oxygens (including phenoxy) is 2. The molecule has 0 saturated heterocycles. The molecule has 0 radical (unpaired) electrons. The number of urea groups is 1. The average molecular weight is 454 g/mol. The van der Waals surface area contributed by atoms with Gasteiger partial charge in [-0.25, -0.2) is 4.79 Å². The molecule has 0 saturated carbocycles. The van der Waals surface area contributed by atoms with Crippen molar-refractivity contribution in [1.82, 2.24) is 16.0 Å². The van der Waals surface area contributed by atoms with Gasteiger partial charge < -0.3 is 30.5 Å². The molecule has 0 bridgehead atoms. The molecule has 4 N–H and O–H groups in total. The Hall–Kier alpha value is -3.36. The van der Waals surface area contributed by atoms with E-state index in [1.165, 1.54) is 0 Å². The van der Waals surface area contributed by atoms with Gasteiger partial charge >= 0.3 is 6.03 Å². The van der Waals surface area contributed by atoms with Crippen molar-refractivity contribution >= 4 is 11.9 Å². The number of benzene rings is 2. The maximum atomic E-state index is 12.4. The molecule has 2 aromatic rings. The Balaban J connectivity index is 1.44. The summed E-state index contributed by atoms with van der Waals surface area (Å²) in [4.78, 5) is 24.3. The van der Waals surface area contributed by atoms with Crippen LogP contribution in [0.25, 0.3) is 0 Å². The van der Waals surface area contributed by atoms with Crippen LogP contribution in [0.4, 0.5) is 4.79 Å². The third kappa shape index (κ3) is 7.93. The van der Waals surface area contributed by atoms with E-state index < -0.39 is 18.2 Å². The summed E-state index contributed by atoms with van der Waals surface area (Å²) in [6, 6.07) is 16.2. The molecule has 0 fully saturated rings. The molecule has 1 aliphatic rings. The monoisotopic (exact) mass is 453 g/mol. The zero-order valence-electron chi connectivity index (χ0n) is 18.9. The highest BCUT2D eigenvalue weighted by molar-refractivity contribution is 5.77. The minimum atomic E-state index is -0.622. The fraction of sp³-hybridized carbons (Fsp3) is 0.360. The topological polar surface area (TPSA) is 109 Å². The van der Waals surface area contributed by atoms with Crippen molar-refractivity contribution in [2.24, 2.45) is 0 Å². The van der Waals surface area contributed by atoms with Crippen LogP contribution in [0.15, 0.2) is 66.7 Å². The molecule has 33 heavy (non-hydrogen) atoms. The minimum Gasteiger partial charge on any atom is -0.457 e. The molecule has 2 aromatic carbocycles. The lowest BCUT2D eigenvalue weighted by Gasteiger charge is -2.31. The summed E-state index contributed by atoms with van der Waals surface area (Å²) in [5.74, 6) is 1.31. The molecule has 1 aliphatic heterocycles. The number of aliphatic hydroxyl groups is 1. The van der Waals surface area contributed by atoms with Gasteiger partial charge in [-0.2, -0.15) is 0 Å². The zero-order valence-corrected chi connectivity index (χ0v) is 18.9. The molecule has 0 spiro atoms. The maximum absolute atomic E-state index is 12.4. The highest BCUT2D eigenvalue weighted by Crippen LogP contribution is 2.21. The molecule has 8 heteroatoms. The highest BCUT2D eigenvalue weighted by atomic mass is 16.5. The Morgan fingerprint density at radius 1 is 1.03 bits per heavy atom. The van der Waals surface area contributed by atoms with Gasteiger partial charge in [-0.1, -0.05) is 42.5 Å². The fourth-order valence-corrected chi connectivity index (χ4v) is 3.35. The van der Waals surface area contributed by atoms with Gasteiger partial charge in [0, 0.05) is 12.6 Å². The average Bonchev–Trinajstić information content (AvgIpc) is 2.80. The van der Waals surface area contributed by atoms with Crippen LogP contribution in [0.2, 0.25) is 0 Å². The molecular formula is C25H31N3O5. The number of amides is 3. The number of rotatable bonds is 9. The molecule has 3 rings (SSSR count). The fourth-order valence-electron chi connectivity index (χ4n) is 3.35. The largest absolute Gasteiger partial charge is 0.457 e. The molecule has 0 unspecified atom stereocenters. The van der Waals surface area contributed by atoms with Crippen LogP contribution in [-0.2, 0) is 16.1 Å². The van der Waals surface area contributed by atoms with Crippen molar-refractivity contribution in [3.8, 4) is 11.5 Å². The van der Waals surface area contributed by atoms with E-state index in [1.807, 2.05) is 68.4 Å².